The average molecular weight is 421 g/mol. The van der Waals surface area contributed by atoms with E-state index in [-0.39, 0.29) is 23.7 Å². The number of hydrazine groups is 2. The zero-order valence-corrected chi connectivity index (χ0v) is 18.7. The molecule has 30 heavy (non-hydrogen) atoms. The topological polar surface area (TPSA) is 88.7 Å². The van der Waals surface area contributed by atoms with Crippen molar-refractivity contribution < 1.29 is 9.59 Å². The van der Waals surface area contributed by atoms with E-state index in [4.69, 9.17) is 0 Å². The highest BCUT2D eigenvalue weighted by Crippen LogP contribution is 2.35. The van der Waals surface area contributed by atoms with E-state index in [9.17, 15) is 9.59 Å². The Morgan fingerprint density at radius 1 is 0.700 bits per heavy atom. The summed E-state index contributed by atoms with van der Waals surface area (Å²) < 4.78 is 0. The predicted octanol–water partition coefficient (Wildman–Crippen LogP) is 0.469. The van der Waals surface area contributed by atoms with Gasteiger partial charge in [0.15, 0.2) is 0 Å². The van der Waals surface area contributed by atoms with Crippen molar-refractivity contribution >= 4 is 11.8 Å². The van der Waals surface area contributed by atoms with Crippen molar-refractivity contribution in [2.45, 2.75) is 63.5 Å². The van der Waals surface area contributed by atoms with E-state index in [1.54, 1.807) is 0 Å². The van der Waals surface area contributed by atoms with Crippen molar-refractivity contribution in [3.8, 4) is 0 Å². The smallest absolute Gasteiger partial charge is 0.237 e. The summed E-state index contributed by atoms with van der Waals surface area (Å²) in [5, 5.41) is 0. The Balaban J connectivity index is 1.22. The van der Waals surface area contributed by atoms with Crippen molar-refractivity contribution in [1.29, 1.82) is 0 Å². The SMILES string of the molecule is CN(CCN(C)CC1NNC(=O)C2CCCCC12)CC1NNC(=O)C2CCCCC12. The second-order valence-corrected chi connectivity index (χ2v) is 10.1. The second kappa shape index (κ2) is 9.94. The van der Waals surface area contributed by atoms with Crippen LogP contribution in [0, 0.1) is 23.7 Å². The van der Waals surface area contributed by atoms with Gasteiger partial charge in [0.2, 0.25) is 11.8 Å². The largest absolute Gasteiger partial charge is 0.303 e. The first-order chi connectivity index (χ1) is 14.5. The average Bonchev–Trinajstić information content (AvgIpc) is 2.77. The van der Waals surface area contributed by atoms with Crippen LogP contribution in [0.1, 0.15) is 51.4 Å². The molecule has 2 saturated carbocycles. The van der Waals surface area contributed by atoms with Gasteiger partial charge in [-0.15, -0.1) is 0 Å². The molecular formula is C22H40N6O2. The number of amides is 2. The lowest BCUT2D eigenvalue weighted by molar-refractivity contribution is -0.134. The van der Waals surface area contributed by atoms with E-state index in [0.717, 1.165) is 51.9 Å². The number of likely N-dealkylation sites (N-methyl/N-ethyl adjacent to an activating group) is 2. The fourth-order valence-electron chi connectivity index (χ4n) is 6.22. The summed E-state index contributed by atoms with van der Waals surface area (Å²) in [5.74, 6) is 1.68. The molecule has 2 saturated heterocycles. The van der Waals surface area contributed by atoms with Crippen LogP contribution < -0.4 is 21.7 Å². The number of nitrogens with zero attached hydrogens (tertiary/aromatic N) is 2. The molecule has 0 radical (unpaired) electrons. The standard InChI is InChI=1S/C22H40N6O2/c1-27(13-19-15-7-3-5-9-17(15)21(29)25-23-19)11-12-28(2)14-20-16-8-4-6-10-18(16)22(30)26-24-20/h15-20,23-24H,3-14H2,1-2H3,(H,25,29)(H,26,30). The molecule has 0 aromatic heterocycles. The minimum Gasteiger partial charge on any atom is -0.303 e. The zero-order chi connectivity index (χ0) is 21.1. The van der Waals surface area contributed by atoms with Gasteiger partial charge in [0.1, 0.15) is 0 Å². The van der Waals surface area contributed by atoms with E-state index < -0.39 is 0 Å². The van der Waals surface area contributed by atoms with Crippen LogP contribution >= 0.6 is 0 Å². The highest BCUT2D eigenvalue weighted by molar-refractivity contribution is 5.80. The first-order valence-corrected chi connectivity index (χ1v) is 12.0. The normalized spacial score (nSPS) is 36.8. The van der Waals surface area contributed by atoms with Gasteiger partial charge < -0.3 is 9.80 Å². The molecule has 2 amide bonds. The Morgan fingerprint density at radius 2 is 1.10 bits per heavy atom. The lowest BCUT2D eigenvalue weighted by atomic mass is 9.73. The van der Waals surface area contributed by atoms with Gasteiger partial charge in [0, 0.05) is 50.1 Å². The molecule has 2 heterocycles. The van der Waals surface area contributed by atoms with Gasteiger partial charge in [0.05, 0.1) is 0 Å². The Morgan fingerprint density at radius 3 is 1.53 bits per heavy atom. The van der Waals surface area contributed by atoms with E-state index in [1.165, 1.54) is 25.7 Å². The van der Waals surface area contributed by atoms with Crippen molar-refractivity contribution in [3.05, 3.63) is 0 Å². The third kappa shape index (κ3) is 4.98. The summed E-state index contributed by atoms with van der Waals surface area (Å²) in [6, 6.07) is 0.669. The summed E-state index contributed by atoms with van der Waals surface area (Å²) in [6.07, 6.45) is 9.23. The van der Waals surface area contributed by atoms with Gasteiger partial charge in [-0.05, 0) is 51.6 Å². The third-order valence-electron chi connectivity index (χ3n) is 7.99. The van der Waals surface area contributed by atoms with Gasteiger partial charge in [-0.2, -0.15) is 0 Å². The van der Waals surface area contributed by atoms with Crippen LogP contribution in [0.4, 0.5) is 0 Å². The van der Waals surface area contributed by atoms with Crippen molar-refractivity contribution in [1.82, 2.24) is 31.5 Å². The minimum atomic E-state index is 0.187. The molecule has 0 aromatic carbocycles. The highest BCUT2D eigenvalue weighted by atomic mass is 16.2. The Kier molecular flexibility index (Phi) is 7.28. The van der Waals surface area contributed by atoms with Crippen molar-refractivity contribution in [3.63, 3.8) is 0 Å². The van der Waals surface area contributed by atoms with Crippen LogP contribution in [-0.4, -0.2) is 74.0 Å². The number of rotatable bonds is 7. The Labute approximate surface area is 180 Å². The minimum absolute atomic E-state index is 0.187. The Bertz CT molecular complexity index is 564. The maximum absolute atomic E-state index is 12.2. The predicted molar refractivity (Wildman–Crippen MR) is 116 cm³/mol. The molecule has 2 aliphatic carbocycles. The first kappa shape index (κ1) is 22.0. The summed E-state index contributed by atoms with van der Waals surface area (Å²) in [6.45, 7) is 3.90. The number of carbonyl (C=O) groups is 2. The number of fused-ring (bicyclic) bond motifs is 2. The first-order valence-electron chi connectivity index (χ1n) is 12.0. The summed E-state index contributed by atoms with van der Waals surface area (Å²) in [5.41, 5.74) is 12.4. The number of hydrogen-bond donors (Lipinski definition) is 4. The maximum Gasteiger partial charge on any atom is 0.237 e. The quantitative estimate of drug-likeness (QED) is 0.479. The lowest BCUT2D eigenvalue weighted by Crippen LogP contribution is -2.62. The summed E-state index contributed by atoms with van der Waals surface area (Å²) in [4.78, 5) is 29.1. The maximum atomic E-state index is 12.2. The van der Waals surface area contributed by atoms with Crippen molar-refractivity contribution in [2.24, 2.45) is 23.7 Å². The molecule has 4 N–H and O–H groups in total. The molecular weight excluding hydrogens is 380 g/mol. The Hall–Kier alpha value is -1.22. The molecule has 170 valence electrons. The molecule has 4 rings (SSSR count). The molecule has 6 atom stereocenters. The van der Waals surface area contributed by atoms with Crippen LogP contribution in [0.3, 0.4) is 0 Å². The fraction of sp³-hybridized carbons (Fsp3) is 0.909. The molecule has 4 aliphatic rings. The highest BCUT2D eigenvalue weighted by Gasteiger charge is 2.41. The number of carbonyl (C=O) groups excluding carboxylic acids is 2. The zero-order valence-electron chi connectivity index (χ0n) is 18.7. The molecule has 2 aliphatic heterocycles. The van der Waals surface area contributed by atoms with E-state index >= 15 is 0 Å². The van der Waals surface area contributed by atoms with E-state index in [1.807, 2.05) is 0 Å². The van der Waals surface area contributed by atoms with Gasteiger partial charge in [-0.25, -0.2) is 10.9 Å². The van der Waals surface area contributed by atoms with Gasteiger partial charge in [-0.1, -0.05) is 25.7 Å². The van der Waals surface area contributed by atoms with Gasteiger partial charge in [0.25, 0.3) is 0 Å². The molecule has 4 fully saturated rings. The van der Waals surface area contributed by atoms with Gasteiger partial charge >= 0.3 is 0 Å². The monoisotopic (exact) mass is 420 g/mol. The molecule has 0 spiro atoms. The molecule has 0 aromatic rings. The summed E-state index contributed by atoms with van der Waals surface area (Å²) in [7, 11) is 4.36. The molecule has 8 nitrogen and oxygen atoms in total. The van der Waals surface area contributed by atoms with Crippen LogP contribution in [0.15, 0.2) is 0 Å². The van der Waals surface area contributed by atoms with Crippen LogP contribution in [-0.2, 0) is 9.59 Å². The fourth-order valence-corrected chi connectivity index (χ4v) is 6.22. The van der Waals surface area contributed by atoms with Crippen LogP contribution in [0.2, 0.25) is 0 Å². The third-order valence-corrected chi connectivity index (χ3v) is 7.99. The van der Waals surface area contributed by atoms with Crippen LogP contribution in [0.25, 0.3) is 0 Å². The molecule has 6 unspecified atom stereocenters. The lowest BCUT2D eigenvalue weighted by Gasteiger charge is -2.43. The number of nitrogens with one attached hydrogen (secondary N) is 4. The summed E-state index contributed by atoms with van der Waals surface area (Å²) >= 11 is 0. The second-order valence-electron chi connectivity index (χ2n) is 10.1. The molecule has 0 bridgehead atoms. The van der Waals surface area contributed by atoms with E-state index in [2.05, 4.69) is 45.6 Å². The van der Waals surface area contributed by atoms with Gasteiger partial charge in [-0.3, -0.25) is 20.4 Å². The van der Waals surface area contributed by atoms with E-state index in [0.29, 0.717) is 23.9 Å². The van der Waals surface area contributed by atoms with Crippen molar-refractivity contribution in [2.75, 3.05) is 40.3 Å². The number of hydrogen-bond acceptors (Lipinski definition) is 6. The molecule has 8 heteroatoms. The van der Waals surface area contributed by atoms with Crippen LogP contribution in [0.5, 0.6) is 0 Å².